The van der Waals surface area contributed by atoms with Gasteiger partial charge in [-0.2, -0.15) is 0 Å². The highest BCUT2D eigenvalue weighted by Gasteiger charge is 2.23. The zero-order valence-electron chi connectivity index (χ0n) is 13.6. The van der Waals surface area contributed by atoms with Crippen LogP contribution >= 0.6 is 0 Å². The third-order valence-corrected chi connectivity index (χ3v) is 4.14. The minimum absolute atomic E-state index is 0.00338. The molecule has 0 unspecified atom stereocenters. The first kappa shape index (κ1) is 17.2. The monoisotopic (exact) mass is 350 g/mol. The Hall–Kier alpha value is -3.61. The quantitative estimate of drug-likeness (QED) is 0.464. The number of nitrogens with zero attached hydrogens (tertiary/aromatic N) is 2. The number of hydrogen-bond donors (Lipinski definition) is 0. The molecule has 0 heterocycles. The van der Waals surface area contributed by atoms with E-state index in [2.05, 4.69) is 0 Å². The molecule has 0 spiro atoms. The Bertz CT molecular complexity index is 863. The van der Waals surface area contributed by atoms with Crippen molar-refractivity contribution in [3.05, 3.63) is 91.0 Å². The highest BCUT2D eigenvalue weighted by Crippen LogP contribution is 2.30. The summed E-state index contributed by atoms with van der Waals surface area (Å²) in [7, 11) is 0. The zero-order chi connectivity index (χ0) is 18.7. The number of benzene rings is 2. The van der Waals surface area contributed by atoms with Gasteiger partial charge in [-0.1, -0.05) is 0 Å². The highest BCUT2D eigenvalue weighted by molar-refractivity contribution is 6.15. The van der Waals surface area contributed by atoms with Gasteiger partial charge in [-0.05, 0) is 60.4 Å². The fourth-order valence-corrected chi connectivity index (χ4v) is 2.76. The van der Waals surface area contributed by atoms with Crippen molar-refractivity contribution >= 4 is 29.3 Å². The topological polar surface area (TPSA) is 103 Å². The van der Waals surface area contributed by atoms with Crippen molar-refractivity contribution in [3.8, 4) is 0 Å². The maximum Gasteiger partial charge on any atom is 0.269 e. The van der Waals surface area contributed by atoms with Crippen LogP contribution in [0.4, 0.5) is 11.4 Å². The van der Waals surface area contributed by atoms with Crippen LogP contribution in [0.1, 0.15) is 24.0 Å². The molecular weight excluding hydrogens is 336 g/mol. The Balaban J connectivity index is 1.78. The number of rotatable bonds is 4. The lowest BCUT2D eigenvalue weighted by atomic mass is 10.1. The Morgan fingerprint density at radius 2 is 1.04 bits per heavy atom. The predicted octanol–water partition coefficient (Wildman–Crippen LogP) is 4.33. The lowest BCUT2D eigenvalue weighted by Crippen LogP contribution is -1.96. The number of carbonyl (C=O) groups excluding carboxylic acids is 1. The zero-order valence-corrected chi connectivity index (χ0v) is 13.6. The van der Waals surface area contributed by atoms with Gasteiger partial charge in [0.15, 0.2) is 5.78 Å². The number of allylic oxidation sites excluding steroid dienone is 2. The summed E-state index contributed by atoms with van der Waals surface area (Å²) in [4.78, 5) is 32.9. The molecule has 0 saturated heterocycles. The lowest BCUT2D eigenvalue weighted by Gasteiger charge is -1.98. The van der Waals surface area contributed by atoms with E-state index in [0.29, 0.717) is 24.0 Å². The molecule has 0 amide bonds. The van der Waals surface area contributed by atoms with Crippen molar-refractivity contribution in [2.45, 2.75) is 12.8 Å². The molecule has 1 saturated carbocycles. The van der Waals surface area contributed by atoms with E-state index in [-0.39, 0.29) is 17.2 Å². The van der Waals surface area contributed by atoms with Gasteiger partial charge in [-0.3, -0.25) is 25.0 Å². The fourth-order valence-electron chi connectivity index (χ4n) is 2.76. The molecule has 26 heavy (non-hydrogen) atoms. The van der Waals surface area contributed by atoms with E-state index in [0.717, 1.165) is 11.1 Å². The van der Waals surface area contributed by atoms with Gasteiger partial charge in [0.2, 0.25) is 0 Å². The average Bonchev–Trinajstić information content (AvgIpc) is 2.96. The summed E-state index contributed by atoms with van der Waals surface area (Å²) in [5.74, 6) is -0.0679. The van der Waals surface area contributed by atoms with Crippen molar-refractivity contribution < 1.29 is 14.6 Å². The van der Waals surface area contributed by atoms with E-state index in [1.165, 1.54) is 24.3 Å². The van der Waals surface area contributed by atoms with E-state index in [4.69, 9.17) is 0 Å². The summed E-state index contributed by atoms with van der Waals surface area (Å²) in [6.45, 7) is 0. The van der Waals surface area contributed by atoms with Crippen LogP contribution in [0.2, 0.25) is 0 Å². The van der Waals surface area contributed by atoms with E-state index in [9.17, 15) is 25.0 Å². The van der Waals surface area contributed by atoms with Crippen LogP contribution in [0.5, 0.6) is 0 Å². The Morgan fingerprint density at radius 1 is 0.692 bits per heavy atom. The SMILES string of the molecule is O=C1C(=Cc2ccc([N+](=O)[O-])cc2)CCC1=Cc1ccc([N+](=O)[O-])cc1. The molecule has 0 bridgehead atoms. The average molecular weight is 350 g/mol. The second-order valence-electron chi connectivity index (χ2n) is 5.87. The minimum atomic E-state index is -0.470. The van der Waals surface area contributed by atoms with Crippen molar-refractivity contribution in [3.63, 3.8) is 0 Å². The number of Topliss-reactive ketones (excluding diaryl/α,β-unsaturated/α-hetero) is 1. The van der Waals surface area contributed by atoms with Crippen LogP contribution in [0.25, 0.3) is 12.2 Å². The molecular formula is C19H14N2O5. The minimum Gasteiger partial charge on any atom is -0.289 e. The van der Waals surface area contributed by atoms with Crippen LogP contribution in [0.15, 0.2) is 59.7 Å². The molecule has 130 valence electrons. The fraction of sp³-hybridized carbons (Fsp3) is 0.105. The maximum atomic E-state index is 12.5. The van der Waals surface area contributed by atoms with Crippen LogP contribution in [-0.4, -0.2) is 15.6 Å². The van der Waals surface area contributed by atoms with E-state index >= 15 is 0 Å². The van der Waals surface area contributed by atoms with E-state index in [1.807, 2.05) is 0 Å². The summed E-state index contributed by atoms with van der Waals surface area (Å²) in [6.07, 6.45) is 4.66. The third-order valence-electron chi connectivity index (χ3n) is 4.14. The normalized spacial score (nSPS) is 17.0. The predicted molar refractivity (Wildman–Crippen MR) is 96.4 cm³/mol. The summed E-state index contributed by atoms with van der Waals surface area (Å²) in [5, 5.41) is 21.3. The smallest absolute Gasteiger partial charge is 0.269 e. The number of ketones is 1. The van der Waals surface area contributed by atoms with Gasteiger partial charge in [-0.15, -0.1) is 0 Å². The van der Waals surface area contributed by atoms with Gasteiger partial charge < -0.3 is 0 Å². The number of nitro groups is 2. The maximum absolute atomic E-state index is 12.5. The molecule has 1 aliphatic carbocycles. The van der Waals surface area contributed by atoms with Crippen molar-refractivity contribution in [2.75, 3.05) is 0 Å². The molecule has 7 heteroatoms. The van der Waals surface area contributed by atoms with Crippen molar-refractivity contribution in [1.82, 2.24) is 0 Å². The third kappa shape index (κ3) is 3.72. The molecule has 0 radical (unpaired) electrons. The Labute approximate surface area is 148 Å². The van der Waals surface area contributed by atoms with Gasteiger partial charge in [0.05, 0.1) is 9.85 Å². The molecule has 0 atom stereocenters. The van der Waals surface area contributed by atoms with Gasteiger partial charge in [0, 0.05) is 35.4 Å². The molecule has 0 aromatic heterocycles. The first-order chi connectivity index (χ1) is 12.4. The Kier molecular flexibility index (Phi) is 4.70. The molecule has 1 aliphatic rings. The summed E-state index contributed by atoms with van der Waals surface area (Å²) < 4.78 is 0. The summed E-state index contributed by atoms with van der Waals surface area (Å²) >= 11 is 0. The van der Waals surface area contributed by atoms with E-state index < -0.39 is 9.85 Å². The molecule has 1 fully saturated rings. The first-order valence-corrected chi connectivity index (χ1v) is 7.89. The van der Waals surface area contributed by atoms with Crippen LogP contribution in [0, 0.1) is 20.2 Å². The number of non-ortho nitro benzene ring substituents is 2. The number of hydrogen-bond acceptors (Lipinski definition) is 5. The molecule has 0 N–H and O–H groups in total. The van der Waals surface area contributed by atoms with E-state index in [1.54, 1.807) is 36.4 Å². The van der Waals surface area contributed by atoms with Gasteiger partial charge in [-0.25, -0.2) is 0 Å². The van der Waals surface area contributed by atoms with Gasteiger partial charge in [0.25, 0.3) is 11.4 Å². The van der Waals surface area contributed by atoms with Crippen molar-refractivity contribution in [1.29, 1.82) is 0 Å². The Morgan fingerprint density at radius 3 is 1.35 bits per heavy atom. The van der Waals surface area contributed by atoms with Crippen LogP contribution in [0.3, 0.4) is 0 Å². The summed E-state index contributed by atoms with van der Waals surface area (Å²) in [5.41, 5.74) is 2.76. The second kappa shape index (κ2) is 7.10. The summed E-state index contributed by atoms with van der Waals surface area (Å²) in [6, 6.07) is 12.0. The number of nitro benzene ring substituents is 2. The van der Waals surface area contributed by atoms with Crippen molar-refractivity contribution in [2.24, 2.45) is 0 Å². The largest absolute Gasteiger partial charge is 0.289 e. The van der Waals surface area contributed by atoms with Gasteiger partial charge in [0.1, 0.15) is 0 Å². The molecule has 7 nitrogen and oxygen atoms in total. The van der Waals surface area contributed by atoms with Crippen LogP contribution in [-0.2, 0) is 4.79 Å². The van der Waals surface area contributed by atoms with Gasteiger partial charge >= 0.3 is 0 Å². The number of carbonyl (C=O) groups is 1. The van der Waals surface area contributed by atoms with Crippen LogP contribution < -0.4 is 0 Å². The lowest BCUT2D eigenvalue weighted by molar-refractivity contribution is -0.385. The highest BCUT2D eigenvalue weighted by atomic mass is 16.6. The first-order valence-electron chi connectivity index (χ1n) is 7.89. The second-order valence-corrected chi connectivity index (χ2v) is 5.87. The molecule has 2 aromatic carbocycles. The molecule has 0 aliphatic heterocycles. The standard InChI is InChI=1S/C19H14N2O5/c22-19-15(11-13-1-7-17(8-2-13)20(23)24)5-6-16(19)12-14-3-9-18(10-4-14)21(25)26/h1-4,7-12H,5-6H2. The molecule has 2 aromatic rings. The molecule has 3 rings (SSSR count).